The molecule has 1 unspecified atom stereocenters. The van der Waals surface area contributed by atoms with Crippen LogP contribution in [0.2, 0.25) is 0 Å². The number of aromatic nitrogens is 1. The lowest BCUT2D eigenvalue weighted by Crippen LogP contribution is -2.43. The van der Waals surface area contributed by atoms with Crippen molar-refractivity contribution in [3.63, 3.8) is 0 Å². The molecular formula is C11H18N2S. The first-order valence-corrected chi connectivity index (χ1v) is 6.30. The van der Waals surface area contributed by atoms with E-state index < -0.39 is 0 Å². The first-order chi connectivity index (χ1) is 6.79. The van der Waals surface area contributed by atoms with E-state index in [-0.39, 0.29) is 5.54 Å². The zero-order chi connectivity index (χ0) is 9.86. The lowest BCUT2D eigenvalue weighted by Gasteiger charge is -2.28. The molecule has 1 saturated heterocycles. The third kappa shape index (κ3) is 2.55. The van der Waals surface area contributed by atoms with Crippen LogP contribution in [-0.2, 0) is 6.42 Å². The fourth-order valence-electron chi connectivity index (χ4n) is 2.12. The average molecular weight is 210 g/mol. The number of hydrogen-bond donors (Lipinski definition) is 1. The molecule has 14 heavy (non-hydrogen) atoms. The molecule has 0 spiro atoms. The zero-order valence-corrected chi connectivity index (χ0v) is 9.57. The Morgan fingerprint density at radius 3 is 3.21 bits per heavy atom. The van der Waals surface area contributed by atoms with E-state index in [0.29, 0.717) is 0 Å². The SMILES string of the molecule is CC1(Cc2nccs2)CCCCCN1. The number of rotatable bonds is 2. The van der Waals surface area contributed by atoms with Gasteiger partial charge in [0, 0.05) is 23.5 Å². The van der Waals surface area contributed by atoms with Gasteiger partial charge in [-0.15, -0.1) is 11.3 Å². The molecule has 1 aliphatic heterocycles. The van der Waals surface area contributed by atoms with E-state index in [9.17, 15) is 0 Å². The minimum Gasteiger partial charge on any atom is -0.311 e. The molecule has 1 N–H and O–H groups in total. The third-order valence-corrected chi connectivity index (χ3v) is 3.76. The van der Waals surface area contributed by atoms with Gasteiger partial charge >= 0.3 is 0 Å². The molecule has 1 aliphatic rings. The molecule has 1 aromatic heterocycles. The molecule has 2 rings (SSSR count). The van der Waals surface area contributed by atoms with Crippen LogP contribution in [0.15, 0.2) is 11.6 Å². The second kappa shape index (κ2) is 4.41. The first-order valence-electron chi connectivity index (χ1n) is 5.42. The van der Waals surface area contributed by atoms with Gasteiger partial charge in [-0.25, -0.2) is 4.98 Å². The highest BCUT2D eigenvalue weighted by Crippen LogP contribution is 2.23. The topological polar surface area (TPSA) is 24.9 Å². The van der Waals surface area contributed by atoms with Crippen molar-refractivity contribution in [3.8, 4) is 0 Å². The van der Waals surface area contributed by atoms with Crippen LogP contribution in [0.1, 0.15) is 37.6 Å². The Kier molecular flexibility index (Phi) is 3.19. The van der Waals surface area contributed by atoms with E-state index in [2.05, 4.69) is 22.6 Å². The highest BCUT2D eigenvalue weighted by Gasteiger charge is 2.25. The first kappa shape index (κ1) is 10.1. The van der Waals surface area contributed by atoms with Gasteiger partial charge in [-0.1, -0.05) is 12.8 Å². The monoisotopic (exact) mass is 210 g/mol. The lowest BCUT2D eigenvalue weighted by molar-refractivity contribution is 0.345. The van der Waals surface area contributed by atoms with Gasteiger partial charge in [0.2, 0.25) is 0 Å². The predicted molar refractivity (Wildman–Crippen MR) is 60.7 cm³/mol. The van der Waals surface area contributed by atoms with Crippen molar-refractivity contribution in [3.05, 3.63) is 16.6 Å². The van der Waals surface area contributed by atoms with Gasteiger partial charge in [0.1, 0.15) is 0 Å². The maximum Gasteiger partial charge on any atom is 0.0943 e. The van der Waals surface area contributed by atoms with Crippen molar-refractivity contribution in [2.45, 2.75) is 44.6 Å². The summed E-state index contributed by atoms with van der Waals surface area (Å²) in [6, 6.07) is 0. The zero-order valence-electron chi connectivity index (χ0n) is 8.75. The van der Waals surface area contributed by atoms with E-state index in [0.717, 1.165) is 6.42 Å². The Bertz CT molecular complexity index is 261. The summed E-state index contributed by atoms with van der Waals surface area (Å²) in [5.41, 5.74) is 0.286. The summed E-state index contributed by atoms with van der Waals surface area (Å²) in [5.74, 6) is 0. The van der Waals surface area contributed by atoms with Gasteiger partial charge in [0.25, 0.3) is 0 Å². The summed E-state index contributed by atoms with van der Waals surface area (Å²) < 4.78 is 0. The summed E-state index contributed by atoms with van der Waals surface area (Å²) in [4.78, 5) is 4.36. The standard InChI is InChI=1S/C11H18N2S/c1-11(5-3-2-4-6-13-11)9-10-12-7-8-14-10/h7-8,13H,2-6,9H2,1H3. The van der Waals surface area contributed by atoms with Crippen molar-refractivity contribution >= 4 is 11.3 Å². The number of hydrogen-bond acceptors (Lipinski definition) is 3. The molecular weight excluding hydrogens is 192 g/mol. The van der Waals surface area contributed by atoms with Crippen LogP contribution in [0.25, 0.3) is 0 Å². The Hall–Kier alpha value is -0.410. The van der Waals surface area contributed by atoms with E-state index in [1.54, 1.807) is 11.3 Å². The minimum atomic E-state index is 0.286. The summed E-state index contributed by atoms with van der Waals surface area (Å²) in [6.45, 7) is 3.50. The molecule has 0 saturated carbocycles. The third-order valence-electron chi connectivity index (χ3n) is 2.98. The Balaban J connectivity index is 1.99. The Labute approximate surface area is 89.8 Å². The molecule has 1 aromatic rings. The smallest absolute Gasteiger partial charge is 0.0943 e. The van der Waals surface area contributed by atoms with E-state index in [1.165, 1.54) is 37.2 Å². The van der Waals surface area contributed by atoms with Crippen molar-refractivity contribution < 1.29 is 0 Å². The van der Waals surface area contributed by atoms with Crippen LogP contribution in [0.5, 0.6) is 0 Å². The van der Waals surface area contributed by atoms with Crippen LogP contribution in [-0.4, -0.2) is 17.1 Å². The van der Waals surface area contributed by atoms with Crippen LogP contribution < -0.4 is 5.32 Å². The average Bonchev–Trinajstić information content (AvgIpc) is 2.55. The normalized spacial score (nSPS) is 28.6. The summed E-state index contributed by atoms with van der Waals surface area (Å²) in [7, 11) is 0. The van der Waals surface area contributed by atoms with Gasteiger partial charge in [0.05, 0.1) is 5.01 Å². The second-order valence-electron chi connectivity index (χ2n) is 4.40. The molecule has 0 radical (unpaired) electrons. The molecule has 2 heterocycles. The quantitative estimate of drug-likeness (QED) is 0.811. The number of thiazole rings is 1. The van der Waals surface area contributed by atoms with Gasteiger partial charge in [-0.05, 0) is 26.3 Å². The van der Waals surface area contributed by atoms with Crippen molar-refractivity contribution in [1.82, 2.24) is 10.3 Å². The largest absolute Gasteiger partial charge is 0.311 e. The minimum absolute atomic E-state index is 0.286. The van der Waals surface area contributed by atoms with Crippen LogP contribution in [0.4, 0.5) is 0 Å². The molecule has 78 valence electrons. The van der Waals surface area contributed by atoms with E-state index in [1.807, 2.05) is 6.20 Å². The molecule has 2 nitrogen and oxygen atoms in total. The highest BCUT2D eigenvalue weighted by molar-refractivity contribution is 7.09. The molecule has 0 bridgehead atoms. The van der Waals surface area contributed by atoms with Crippen molar-refractivity contribution in [1.29, 1.82) is 0 Å². The summed E-state index contributed by atoms with van der Waals surface area (Å²) >= 11 is 1.77. The molecule has 1 atom stereocenters. The Morgan fingerprint density at radius 2 is 2.43 bits per heavy atom. The molecule has 1 fully saturated rings. The van der Waals surface area contributed by atoms with Gasteiger partial charge < -0.3 is 5.32 Å². The van der Waals surface area contributed by atoms with Crippen LogP contribution in [0.3, 0.4) is 0 Å². The van der Waals surface area contributed by atoms with E-state index >= 15 is 0 Å². The van der Waals surface area contributed by atoms with E-state index in [4.69, 9.17) is 0 Å². The van der Waals surface area contributed by atoms with Gasteiger partial charge in [-0.2, -0.15) is 0 Å². The van der Waals surface area contributed by atoms with Crippen LogP contribution >= 0.6 is 11.3 Å². The summed E-state index contributed by atoms with van der Waals surface area (Å²) in [6.07, 6.45) is 8.33. The molecule has 0 aromatic carbocycles. The maximum atomic E-state index is 4.36. The molecule has 0 amide bonds. The highest BCUT2D eigenvalue weighted by atomic mass is 32.1. The van der Waals surface area contributed by atoms with Crippen LogP contribution in [0, 0.1) is 0 Å². The fraction of sp³-hybridized carbons (Fsp3) is 0.727. The van der Waals surface area contributed by atoms with Gasteiger partial charge in [0.15, 0.2) is 0 Å². The van der Waals surface area contributed by atoms with Crippen molar-refractivity contribution in [2.75, 3.05) is 6.54 Å². The molecule has 3 heteroatoms. The van der Waals surface area contributed by atoms with Gasteiger partial charge in [-0.3, -0.25) is 0 Å². The van der Waals surface area contributed by atoms with Crippen molar-refractivity contribution in [2.24, 2.45) is 0 Å². The molecule has 0 aliphatic carbocycles. The Morgan fingerprint density at radius 1 is 1.50 bits per heavy atom. The fourth-order valence-corrected chi connectivity index (χ4v) is 2.92. The second-order valence-corrected chi connectivity index (χ2v) is 5.38. The number of nitrogens with zero attached hydrogens (tertiary/aromatic N) is 1. The summed E-state index contributed by atoms with van der Waals surface area (Å²) in [5, 5.41) is 6.99. The lowest BCUT2D eigenvalue weighted by atomic mass is 9.92. The number of nitrogens with one attached hydrogen (secondary N) is 1. The predicted octanol–water partition coefficient (Wildman–Crippen LogP) is 2.61. The maximum absolute atomic E-state index is 4.36.